The van der Waals surface area contributed by atoms with Gasteiger partial charge in [-0.1, -0.05) is 6.08 Å². The number of rotatable bonds is 5. The number of nitrogens with two attached hydrogens (primary N) is 1. The first-order chi connectivity index (χ1) is 8.06. The Balaban J connectivity index is 2.41. The van der Waals surface area contributed by atoms with Crippen LogP contribution in [0.3, 0.4) is 0 Å². The van der Waals surface area contributed by atoms with Crippen molar-refractivity contribution in [3.8, 4) is 0 Å². The van der Waals surface area contributed by atoms with E-state index in [4.69, 9.17) is 5.73 Å². The highest BCUT2D eigenvalue weighted by molar-refractivity contribution is 5.87. The van der Waals surface area contributed by atoms with Crippen molar-refractivity contribution < 1.29 is 9.59 Å². The lowest BCUT2D eigenvalue weighted by atomic mass is 10.2. The van der Waals surface area contributed by atoms with Crippen molar-refractivity contribution in [2.45, 2.75) is 25.3 Å². The molecule has 0 radical (unpaired) electrons. The predicted molar refractivity (Wildman–Crippen MR) is 66.2 cm³/mol. The molecule has 0 bridgehead atoms. The van der Waals surface area contributed by atoms with Gasteiger partial charge in [-0.2, -0.15) is 0 Å². The number of likely N-dealkylation sites (N-methyl/N-ethyl adjacent to an activating group) is 1. The number of likely N-dealkylation sites (tertiary alicyclic amines) is 1. The molecule has 0 aromatic rings. The molecule has 5 heteroatoms. The van der Waals surface area contributed by atoms with Crippen molar-refractivity contribution in [3.63, 3.8) is 0 Å². The highest BCUT2D eigenvalue weighted by Crippen LogP contribution is 2.08. The van der Waals surface area contributed by atoms with E-state index in [1.54, 1.807) is 18.0 Å². The molecule has 0 spiro atoms. The van der Waals surface area contributed by atoms with Gasteiger partial charge in [-0.15, -0.1) is 6.58 Å². The molecule has 0 aliphatic carbocycles. The molecule has 2 N–H and O–H groups in total. The minimum absolute atomic E-state index is 0.00385. The molecule has 96 valence electrons. The third-order valence-electron chi connectivity index (χ3n) is 2.95. The Kier molecular flexibility index (Phi) is 5.15. The molecule has 1 atom stereocenters. The van der Waals surface area contributed by atoms with Crippen LogP contribution in [0.1, 0.15) is 19.3 Å². The quantitative estimate of drug-likeness (QED) is 0.685. The molecule has 1 fully saturated rings. The van der Waals surface area contributed by atoms with E-state index >= 15 is 0 Å². The van der Waals surface area contributed by atoms with Crippen LogP contribution in [0.15, 0.2) is 12.7 Å². The number of amides is 2. The second kappa shape index (κ2) is 6.39. The maximum absolute atomic E-state index is 11.8. The standard InChI is InChI=1S/C12H21N3O2/c1-3-6-10(13)12(17)14(2)9-11(16)15-7-4-5-8-15/h3,10H,1,4-9,13H2,2H3. The molecular formula is C12H21N3O2. The number of nitrogens with zero attached hydrogens (tertiary/aromatic N) is 2. The van der Waals surface area contributed by atoms with Crippen molar-refractivity contribution in [3.05, 3.63) is 12.7 Å². The SMILES string of the molecule is C=CCC(N)C(=O)N(C)CC(=O)N1CCCC1. The van der Waals surface area contributed by atoms with E-state index in [9.17, 15) is 9.59 Å². The maximum Gasteiger partial charge on any atom is 0.242 e. The van der Waals surface area contributed by atoms with E-state index in [2.05, 4.69) is 6.58 Å². The first-order valence-corrected chi connectivity index (χ1v) is 5.95. The Morgan fingerprint density at radius 2 is 2.06 bits per heavy atom. The summed E-state index contributed by atoms with van der Waals surface area (Å²) in [5.41, 5.74) is 5.67. The number of carbonyl (C=O) groups excluding carboxylic acids is 2. The Morgan fingerprint density at radius 3 is 2.59 bits per heavy atom. The van der Waals surface area contributed by atoms with Crippen LogP contribution in [0.2, 0.25) is 0 Å². The first kappa shape index (κ1) is 13.7. The van der Waals surface area contributed by atoms with Gasteiger partial charge in [0.25, 0.3) is 0 Å². The van der Waals surface area contributed by atoms with E-state index in [1.807, 2.05) is 0 Å². The van der Waals surface area contributed by atoms with E-state index in [0.29, 0.717) is 6.42 Å². The highest BCUT2D eigenvalue weighted by atomic mass is 16.2. The van der Waals surface area contributed by atoms with Gasteiger partial charge in [-0.25, -0.2) is 0 Å². The topological polar surface area (TPSA) is 66.6 Å². The summed E-state index contributed by atoms with van der Waals surface area (Å²) < 4.78 is 0. The van der Waals surface area contributed by atoms with Gasteiger partial charge >= 0.3 is 0 Å². The van der Waals surface area contributed by atoms with Crippen LogP contribution < -0.4 is 5.73 Å². The molecule has 5 nitrogen and oxygen atoms in total. The Morgan fingerprint density at radius 1 is 1.47 bits per heavy atom. The van der Waals surface area contributed by atoms with Crippen LogP contribution in [0.5, 0.6) is 0 Å². The lowest BCUT2D eigenvalue weighted by molar-refractivity contribution is -0.139. The molecule has 1 aliphatic rings. The zero-order valence-corrected chi connectivity index (χ0v) is 10.4. The van der Waals surface area contributed by atoms with Crippen LogP contribution in [0.25, 0.3) is 0 Å². The fraction of sp³-hybridized carbons (Fsp3) is 0.667. The summed E-state index contributed by atoms with van der Waals surface area (Å²) in [6.07, 6.45) is 4.15. The summed E-state index contributed by atoms with van der Waals surface area (Å²) in [5.74, 6) is -0.207. The minimum atomic E-state index is -0.594. The van der Waals surface area contributed by atoms with Gasteiger partial charge in [0.15, 0.2) is 0 Å². The molecular weight excluding hydrogens is 218 g/mol. The third kappa shape index (κ3) is 3.85. The number of hydrogen-bond acceptors (Lipinski definition) is 3. The first-order valence-electron chi connectivity index (χ1n) is 5.95. The van der Waals surface area contributed by atoms with Crippen LogP contribution in [0.4, 0.5) is 0 Å². The van der Waals surface area contributed by atoms with Crippen LogP contribution in [-0.2, 0) is 9.59 Å². The monoisotopic (exact) mass is 239 g/mol. The molecule has 0 aromatic heterocycles. The van der Waals surface area contributed by atoms with Gasteiger partial charge in [0.1, 0.15) is 0 Å². The third-order valence-corrected chi connectivity index (χ3v) is 2.95. The van der Waals surface area contributed by atoms with Gasteiger partial charge in [0, 0.05) is 20.1 Å². The second-order valence-electron chi connectivity index (χ2n) is 4.41. The van der Waals surface area contributed by atoms with Crippen molar-refractivity contribution in [2.75, 3.05) is 26.7 Å². The highest BCUT2D eigenvalue weighted by Gasteiger charge is 2.23. The predicted octanol–water partition coefficient (Wildman–Crippen LogP) is -0.0294. The lowest BCUT2D eigenvalue weighted by Crippen LogP contribution is -2.46. The summed E-state index contributed by atoms with van der Waals surface area (Å²) in [7, 11) is 1.61. The normalized spacial score (nSPS) is 16.7. The molecule has 0 aromatic carbocycles. The molecule has 1 unspecified atom stereocenters. The Labute approximate surface area is 102 Å². The summed E-state index contributed by atoms with van der Waals surface area (Å²) in [4.78, 5) is 26.8. The summed E-state index contributed by atoms with van der Waals surface area (Å²) in [6, 6.07) is -0.594. The lowest BCUT2D eigenvalue weighted by Gasteiger charge is -2.23. The van der Waals surface area contributed by atoms with E-state index in [0.717, 1.165) is 25.9 Å². The van der Waals surface area contributed by atoms with Gasteiger partial charge < -0.3 is 15.5 Å². The molecule has 1 saturated heterocycles. The Bertz CT molecular complexity index is 298. The molecule has 1 heterocycles. The van der Waals surface area contributed by atoms with Crippen molar-refractivity contribution >= 4 is 11.8 Å². The smallest absolute Gasteiger partial charge is 0.242 e. The number of carbonyl (C=O) groups is 2. The van der Waals surface area contributed by atoms with Crippen LogP contribution in [-0.4, -0.2) is 54.3 Å². The molecule has 2 amide bonds. The second-order valence-corrected chi connectivity index (χ2v) is 4.41. The molecule has 17 heavy (non-hydrogen) atoms. The molecule has 1 rings (SSSR count). The van der Waals surface area contributed by atoms with Crippen molar-refractivity contribution in [1.29, 1.82) is 0 Å². The maximum atomic E-state index is 11.8. The van der Waals surface area contributed by atoms with E-state index in [1.165, 1.54) is 4.90 Å². The van der Waals surface area contributed by atoms with Gasteiger partial charge in [0.05, 0.1) is 12.6 Å². The van der Waals surface area contributed by atoms with Crippen LogP contribution in [0, 0.1) is 0 Å². The van der Waals surface area contributed by atoms with E-state index < -0.39 is 6.04 Å². The van der Waals surface area contributed by atoms with E-state index in [-0.39, 0.29) is 18.4 Å². The average Bonchev–Trinajstić information content (AvgIpc) is 2.81. The van der Waals surface area contributed by atoms with Gasteiger partial charge in [-0.3, -0.25) is 9.59 Å². The molecule has 1 aliphatic heterocycles. The zero-order valence-electron chi connectivity index (χ0n) is 10.4. The number of hydrogen-bond donors (Lipinski definition) is 1. The zero-order chi connectivity index (χ0) is 12.8. The van der Waals surface area contributed by atoms with Crippen LogP contribution >= 0.6 is 0 Å². The van der Waals surface area contributed by atoms with Gasteiger partial charge in [0.2, 0.25) is 11.8 Å². The fourth-order valence-corrected chi connectivity index (χ4v) is 1.91. The molecule has 0 saturated carbocycles. The average molecular weight is 239 g/mol. The largest absolute Gasteiger partial charge is 0.341 e. The van der Waals surface area contributed by atoms with Gasteiger partial charge in [-0.05, 0) is 19.3 Å². The van der Waals surface area contributed by atoms with Crippen molar-refractivity contribution in [2.24, 2.45) is 5.73 Å². The summed E-state index contributed by atoms with van der Waals surface area (Å²) in [5, 5.41) is 0. The minimum Gasteiger partial charge on any atom is -0.341 e. The Hall–Kier alpha value is -1.36. The summed E-state index contributed by atoms with van der Waals surface area (Å²) in [6.45, 7) is 5.27. The summed E-state index contributed by atoms with van der Waals surface area (Å²) >= 11 is 0. The fourth-order valence-electron chi connectivity index (χ4n) is 1.91. The van der Waals surface area contributed by atoms with Crippen molar-refractivity contribution in [1.82, 2.24) is 9.80 Å².